The van der Waals surface area contributed by atoms with Crippen molar-refractivity contribution in [1.82, 2.24) is 10.2 Å². The summed E-state index contributed by atoms with van der Waals surface area (Å²) < 4.78 is 60.9. The van der Waals surface area contributed by atoms with E-state index in [1.165, 1.54) is 0 Å². The Hall–Kier alpha value is -3.43. The number of hydrogen-bond donors (Lipinski definition) is 0. The maximum atomic E-state index is 12.8. The summed E-state index contributed by atoms with van der Waals surface area (Å²) in [7, 11) is 0. The zero-order valence-corrected chi connectivity index (χ0v) is 16.1. The summed E-state index contributed by atoms with van der Waals surface area (Å²) in [5.74, 6) is 0.592. The summed E-state index contributed by atoms with van der Waals surface area (Å²) in [6, 6.07) is 11.6. The van der Waals surface area contributed by atoms with Gasteiger partial charge in [0.25, 0.3) is 0 Å². The van der Waals surface area contributed by atoms with Crippen LogP contribution in [0.3, 0.4) is 0 Å². The third-order valence-electron chi connectivity index (χ3n) is 5.89. The molecule has 31 heavy (non-hydrogen) atoms. The first-order valence-corrected chi connectivity index (χ1v) is 9.75. The highest BCUT2D eigenvalue weighted by molar-refractivity contribution is 5.70. The molecule has 3 aliphatic rings. The van der Waals surface area contributed by atoms with E-state index in [2.05, 4.69) is 10.2 Å². The molecule has 0 aliphatic carbocycles. The minimum atomic E-state index is -4.67. The quantitative estimate of drug-likeness (QED) is 0.615. The lowest BCUT2D eigenvalue weighted by molar-refractivity contribution is -0.157. The summed E-state index contributed by atoms with van der Waals surface area (Å²) in [5, 5.41) is 6.73. The van der Waals surface area contributed by atoms with E-state index in [1.807, 2.05) is 41.3 Å². The number of alkyl halides is 3. The molecule has 2 aromatic carbocycles. The van der Waals surface area contributed by atoms with Crippen LogP contribution in [0.2, 0.25) is 0 Å². The molecule has 0 fully saturated rings. The lowest BCUT2D eigenvalue weighted by Gasteiger charge is -2.26. The fourth-order valence-corrected chi connectivity index (χ4v) is 4.58. The van der Waals surface area contributed by atoms with Gasteiger partial charge in [0.15, 0.2) is 11.5 Å². The first-order chi connectivity index (χ1) is 14.9. The smallest absolute Gasteiger partial charge is 0.470 e. The highest BCUT2D eigenvalue weighted by Gasteiger charge is 2.50. The van der Waals surface area contributed by atoms with Gasteiger partial charge in [-0.05, 0) is 17.7 Å². The second-order valence-electron chi connectivity index (χ2n) is 7.73. The lowest BCUT2D eigenvalue weighted by Crippen LogP contribution is -2.36. The molecule has 1 aromatic heterocycles. The Balaban J connectivity index is 1.39. The van der Waals surface area contributed by atoms with Crippen LogP contribution in [0.25, 0.3) is 0 Å². The van der Waals surface area contributed by atoms with Crippen LogP contribution in [-0.2, 0) is 18.1 Å². The number of aromatic nitrogens is 2. The molecule has 0 saturated carbocycles. The van der Waals surface area contributed by atoms with Crippen LogP contribution in [0.4, 0.5) is 18.9 Å². The van der Waals surface area contributed by atoms with Gasteiger partial charge in [0.05, 0.1) is 12.0 Å². The lowest BCUT2D eigenvalue weighted by atomic mass is 9.77. The number of hydrogen-bond acceptors (Lipinski definition) is 7. The molecule has 7 nitrogen and oxygen atoms in total. The van der Waals surface area contributed by atoms with Gasteiger partial charge in [0.1, 0.15) is 25.6 Å². The number of nitrogens with zero attached hydrogens (tertiary/aromatic N) is 3. The van der Waals surface area contributed by atoms with E-state index in [-0.39, 0.29) is 12.4 Å². The van der Waals surface area contributed by atoms with Crippen molar-refractivity contribution in [3.05, 3.63) is 59.3 Å². The number of benzene rings is 2. The van der Waals surface area contributed by atoms with E-state index in [4.69, 9.17) is 18.6 Å². The van der Waals surface area contributed by atoms with Crippen LogP contribution in [0.15, 0.2) is 40.8 Å². The summed E-state index contributed by atoms with van der Waals surface area (Å²) in [5.41, 5.74) is 2.39. The molecule has 0 saturated heterocycles. The Labute approximate surface area is 174 Å². The van der Waals surface area contributed by atoms with Crippen LogP contribution in [-0.4, -0.2) is 36.6 Å². The van der Waals surface area contributed by atoms with Gasteiger partial charge in [-0.2, -0.15) is 13.2 Å². The molecule has 4 heterocycles. The Kier molecular flexibility index (Phi) is 3.72. The third kappa shape index (κ3) is 2.74. The standard InChI is InChI=1S/C21H16F3N3O4/c22-21(23,24)19-26-25-18(31-19)9-27-10-20(12-3-1-2-4-14(12)27)11-30-15-8-17-16(7-13(15)20)28-5-6-29-17/h1-4,7-8H,5-6,9-11H2. The molecule has 0 N–H and O–H groups in total. The first kappa shape index (κ1) is 18.3. The average molecular weight is 431 g/mol. The van der Waals surface area contributed by atoms with Crippen LogP contribution in [0.1, 0.15) is 22.9 Å². The Bertz CT molecular complexity index is 1180. The van der Waals surface area contributed by atoms with E-state index >= 15 is 0 Å². The monoisotopic (exact) mass is 431 g/mol. The molecule has 3 aliphatic heterocycles. The number of halogens is 3. The van der Waals surface area contributed by atoms with Crippen LogP contribution in [0, 0.1) is 0 Å². The fourth-order valence-electron chi connectivity index (χ4n) is 4.58. The second kappa shape index (κ2) is 6.29. The molecule has 6 rings (SSSR count). The normalized spacial score (nSPS) is 21.2. The SMILES string of the molecule is FC(F)(F)c1nnc(CN2CC3(COc4cc5c(cc43)OCCO5)c3ccccc32)o1. The predicted molar refractivity (Wildman–Crippen MR) is 100 cm³/mol. The average Bonchev–Trinajstić information content (AvgIpc) is 3.45. The van der Waals surface area contributed by atoms with Gasteiger partial charge in [-0.1, -0.05) is 18.2 Å². The van der Waals surface area contributed by atoms with Crippen molar-refractivity contribution in [1.29, 1.82) is 0 Å². The highest BCUT2D eigenvalue weighted by atomic mass is 19.4. The third-order valence-corrected chi connectivity index (χ3v) is 5.89. The van der Waals surface area contributed by atoms with E-state index in [0.717, 1.165) is 22.6 Å². The van der Waals surface area contributed by atoms with Crippen LogP contribution < -0.4 is 19.1 Å². The number of rotatable bonds is 2. The first-order valence-electron chi connectivity index (χ1n) is 9.75. The number of para-hydroxylation sites is 1. The van der Waals surface area contributed by atoms with Gasteiger partial charge < -0.3 is 23.5 Å². The number of fused-ring (bicyclic) bond motifs is 5. The van der Waals surface area contributed by atoms with Crippen molar-refractivity contribution in [3.8, 4) is 17.2 Å². The second-order valence-corrected chi connectivity index (χ2v) is 7.73. The van der Waals surface area contributed by atoms with Gasteiger partial charge in [-0.3, -0.25) is 0 Å². The molecule has 160 valence electrons. The summed E-state index contributed by atoms with van der Waals surface area (Å²) in [4.78, 5) is 1.94. The molecule has 0 bridgehead atoms. The molecule has 1 atom stereocenters. The summed E-state index contributed by atoms with van der Waals surface area (Å²) >= 11 is 0. The van der Waals surface area contributed by atoms with E-state index < -0.39 is 17.5 Å². The molecule has 0 amide bonds. The van der Waals surface area contributed by atoms with Crippen molar-refractivity contribution in [2.75, 3.05) is 31.3 Å². The minimum Gasteiger partial charge on any atom is -0.492 e. The number of ether oxygens (including phenoxy) is 3. The molecular formula is C21H16F3N3O4. The van der Waals surface area contributed by atoms with Gasteiger partial charge in [0, 0.05) is 23.9 Å². The van der Waals surface area contributed by atoms with Crippen molar-refractivity contribution < 1.29 is 31.8 Å². The van der Waals surface area contributed by atoms with Gasteiger partial charge in [-0.15, -0.1) is 10.2 Å². The van der Waals surface area contributed by atoms with Crippen molar-refractivity contribution >= 4 is 5.69 Å². The molecule has 1 spiro atoms. The maximum absolute atomic E-state index is 12.8. The summed E-state index contributed by atoms with van der Waals surface area (Å²) in [6.07, 6.45) is -4.67. The maximum Gasteiger partial charge on any atom is 0.470 e. The van der Waals surface area contributed by atoms with E-state index in [9.17, 15) is 13.2 Å². The Morgan fingerprint density at radius 1 is 0.935 bits per heavy atom. The van der Waals surface area contributed by atoms with Gasteiger partial charge >= 0.3 is 12.1 Å². The summed E-state index contributed by atoms with van der Waals surface area (Å²) in [6.45, 7) is 1.90. The zero-order valence-electron chi connectivity index (χ0n) is 16.1. The minimum absolute atomic E-state index is 0.0573. The predicted octanol–water partition coefficient (Wildman–Crippen LogP) is 3.56. The van der Waals surface area contributed by atoms with E-state index in [1.54, 1.807) is 0 Å². The van der Waals surface area contributed by atoms with Crippen LogP contribution in [0.5, 0.6) is 17.2 Å². The van der Waals surface area contributed by atoms with Gasteiger partial charge in [0.2, 0.25) is 5.89 Å². The van der Waals surface area contributed by atoms with Crippen molar-refractivity contribution in [3.63, 3.8) is 0 Å². The molecule has 3 aromatic rings. The number of anilines is 1. The van der Waals surface area contributed by atoms with Crippen LogP contribution >= 0.6 is 0 Å². The Morgan fingerprint density at radius 3 is 2.48 bits per heavy atom. The molecule has 10 heteroatoms. The Morgan fingerprint density at radius 2 is 1.71 bits per heavy atom. The molecule has 1 unspecified atom stereocenters. The topological polar surface area (TPSA) is 69.9 Å². The van der Waals surface area contributed by atoms with Crippen molar-refractivity contribution in [2.45, 2.75) is 18.1 Å². The largest absolute Gasteiger partial charge is 0.492 e. The molecular weight excluding hydrogens is 415 g/mol. The van der Waals surface area contributed by atoms with Crippen molar-refractivity contribution in [2.24, 2.45) is 0 Å². The molecule has 0 radical (unpaired) electrons. The van der Waals surface area contributed by atoms with Gasteiger partial charge in [-0.25, -0.2) is 0 Å². The van der Waals surface area contributed by atoms with E-state index in [0.29, 0.717) is 37.9 Å². The fraction of sp³-hybridized carbons (Fsp3) is 0.333. The zero-order chi connectivity index (χ0) is 21.2. The highest BCUT2D eigenvalue weighted by Crippen LogP contribution is 2.54.